The van der Waals surface area contributed by atoms with Gasteiger partial charge in [0.25, 0.3) is 0 Å². The summed E-state index contributed by atoms with van der Waals surface area (Å²) < 4.78 is 0. The molecule has 0 saturated carbocycles. The van der Waals surface area contributed by atoms with E-state index in [0.29, 0.717) is 6.67 Å². The molecular weight excluding hydrogens is 172 g/mol. The SMILES string of the molecule is Br.O=C1C=NCN=C1. The lowest BCUT2D eigenvalue weighted by molar-refractivity contribution is -0.106. The summed E-state index contributed by atoms with van der Waals surface area (Å²) in [5, 5.41) is 0. The highest BCUT2D eigenvalue weighted by atomic mass is 79.9. The summed E-state index contributed by atoms with van der Waals surface area (Å²) in [6.07, 6.45) is 2.54. The van der Waals surface area contributed by atoms with Gasteiger partial charge in [-0.3, -0.25) is 14.8 Å². The van der Waals surface area contributed by atoms with Crippen LogP contribution in [0.5, 0.6) is 0 Å². The van der Waals surface area contributed by atoms with Crippen LogP contribution < -0.4 is 0 Å². The second-order valence-electron chi connectivity index (χ2n) is 1.17. The number of rotatable bonds is 0. The number of hydrogen-bond donors (Lipinski definition) is 0. The molecule has 44 valence electrons. The van der Waals surface area contributed by atoms with Gasteiger partial charge >= 0.3 is 0 Å². The van der Waals surface area contributed by atoms with Gasteiger partial charge in [0.15, 0.2) is 0 Å². The molecule has 4 heteroatoms. The average molecular weight is 177 g/mol. The Labute approximate surface area is 57.3 Å². The molecule has 0 saturated heterocycles. The molecule has 0 aromatic carbocycles. The Kier molecular flexibility index (Phi) is 3.26. The van der Waals surface area contributed by atoms with Crippen LogP contribution in [-0.2, 0) is 4.79 Å². The van der Waals surface area contributed by atoms with E-state index >= 15 is 0 Å². The molecular formula is C4H5BrN2O. The highest BCUT2D eigenvalue weighted by molar-refractivity contribution is 8.93. The number of aliphatic imine (C=N–C) groups is 2. The summed E-state index contributed by atoms with van der Waals surface area (Å²) >= 11 is 0. The van der Waals surface area contributed by atoms with E-state index in [4.69, 9.17) is 0 Å². The van der Waals surface area contributed by atoms with Crippen LogP contribution in [-0.4, -0.2) is 24.9 Å². The lowest BCUT2D eigenvalue weighted by Gasteiger charge is -1.87. The number of halogens is 1. The van der Waals surface area contributed by atoms with Crippen molar-refractivity contribution in [2.24, 2.45) is 9.98 Å². The molecule has 1 aliphatic heterocycles. The number of hydrogen-bond acceptors (Lipinski definition) is 3. The molecule has 8 heavy (non-hydrogen) atoms. The molecule has 0 N–H and O–H groups in total. The third-order valence-corrected chi connectivity index (χ3v) is 0.600. The van der Waals surface area contributed by atoms with Crippen molar-refractivity contribution in [2.45, 2.75) is 0 Å². The van der Waals surface area contributed by atoms with Gasteiger partial charge in [0.2, 0.25) is 5.78 Å². The summed E-state index contributed by atoms with van der Waals surface area (Å²) in [5.41, 5.74) is 0. The molecule has 1 aliphatic rings. The van der Waals surface area contributed by atoms with Crippen LogP contribution in [0.3, 0.4) is 0 Å². The minimum Gasteiger partial charge on any atom is -0.287 e. The van der Waals surface area contributed by atoms with E-state index in [2.05, 4.69) is 9.98 Å². The van der Waals surface area contributed by atoms with E-state index in [9.17, 15) is 4.79 Å². The minimum atomic E-state index is -0.119. The van der Waals surface area contributed by atoms with Crippen molar-refractivity contribution in [3.8, 4) is 0 Å². The number of ketones is 1. The first-order valence-electron chi connectivity index (χ1n) is 1.93. The topological polar surface area (TPSA) is 41.8 Å². The summed E-state index contributed by atoms with van der Waals surface area (Å²) in [4.78, 5) is 17.3. The minimum absolute atomic E-state index is 0. The van der Waals surface area contributed by atoms with Gasteiger partial charge in [0, 0.05) is 0 Å². The third-order valence-electron chi connectivity index (χ3n) is 0.600. The highest BCUT2D eigenvalue weighted by Crippen LogP contribution is 1.76. The fourth-order valence-corrected chi connectivity index (χ4v) is 0.342. The molecule has 0 atom stereocenters. The number of nitrogens with zero attached hydrogens (tertiary/aromatic N) is 2. The Hall–Kier alpha value is -0.510. The van der Waals surface area contributed by atoms with Gasteiger partial charge in [0.05, 0.1) is 12.4 Å². The number of carbonyl (C=O) groups is 1. The third kappa shape index (κ3) is 1.97. The lowest BCUT2D eigenvalue weighted by Crippen LogP contribution is -2.04. The second kappa shape index (κ2) is 3.49. The van der Waals surface area contributed by atoms with Crippen LogP contribution in [0.1, 0.15) is 0 Å². The summed E-state index contributed by atoms with van der Waals surface area (Å²) in [7, 11) is 0. The molecule has 1 rings (SSSR count). The first-order valence-corrected chi connectivity index (χ1v) is 1.93. The number of Topliss-reactive ketones (excluding diaryl/α,β-unsaturated/α-hetero) is 1. The predicted molar refractivity (Wildman–Crippen MR) is 37.2 cm³/mol. The smallest absolute Gasteiger partial charge is 0.214 e. The van der Waals surface area contributed by atoms with Gasteiger partial charge in [-0.05, 0) is 0 Å². The monoisotopic (exact) mass is 176 g/mol. The second-order valence-corrected chi connectivity index (χ2v) is 1.17. The Morgan fingerprint density at radius 2 is 1.88 bits per heavy atom. The van der Waals surface area contributed by atoms with E-state index < -0.39 is 0 Å². The maximum atomic E-state index is 10.2. The molecule has 0 aliphatic carbocycles. The van der Waals surface area contributed by atoms with Crippen LogP contribution in [0, 0.1) is 0 Å². The van der Waals surface area contributed by atoms with E-state index in [-0.39, 0.29) is 22.8 Å². The zero-order chi connectivity index (χ0) is 5.11. The zero-order valence-electron chi connectivity index (χ0n) is 4.07. The Bertz CT molecular complexity index is 127. The normalized spacial score (nSPS) is 15.8. The number of carbonyl (C=O) groups excluding carboxylic acids is 1. The van der Waals surface area contributed by atoms with Crippen molar-refractivity contribution in [1.82, 2.24) is 0 Å². The molecule has 0 fully saturated rings. The van der Waals surface area contributed by atoms with Crippen molar-refractivity contribution in [1.29, 1.82) is 0 Å². The van der Waals surface area contributed by atoms with Gasteiger partial charge in [-0.2, -0.15) is 0 Å². The first-order chi connectivity index (χ1) is 3.39. The van der Waals surface area contributed by atoms with Gasteiger partial charge in [-0.1, -0.05) is 0 Å². The Morgan fingerprint density at radius 3 is 2.12 bits per heavy atom. The van der Waals surface area contributed by atoms with Gasteiger partial charge in [0.1, 0.15) is 6.67 Å². The molecule has 0 bridgehead atoms. The van der Waals surface area contributed by atoms with Crippen molar-refractivity contribution >= 4 is 35.2 Å². The quantitative estimate of drug-likeness (QED) is 0.522. The van der Waals surface area contributed by atoms with Crippen LogP contribution in [0.15, 0.2) is 9.98 Å². The van der Waals surface area contributed by atoms with E-state index in [1.807, 2.05) is 0 Å². The van der Waals surface area contributed by atoms with E-state index in [0.717, 1.165) is 0 Å². The fourth-order valence-electron chi connectivity index (χ4n) is 0.342. The van der Waals surface area contributed by atoms with E-state index in [1.165, 1.54) is 12.4 Å². The Balaban J connectivity index is 0.000000490. The van der Waals surface area contributed by atoms with Gasteiger partial charge < -0.3 is 0 Å². The van der Waals surface area contributed by atoms with Crippen LogP contribution >= 0.6 is 17.0 Å². The first kappa shape index (κ1) is 7.49. The molecule has 0 aromatic heterocycles. The molecule has 0 amide bonds. The van der Waals surface area contributed by atoms with Gasteiger partial charge in [-0.25, -0.2) is 0 Å². The summed E-state index contributed by atoms with van der Waals surface area (Å²) in [6.45, 7) is 0.408. The fraction of sp³-hybridized carbons (Fsp3) is 0.250. The van der Waals surface area contributed by atoms with Crippen molar-refractivity contribution in [3.05, 3.63) is 0 Å². The van der Waals surface area contributed by atoms with Crippen molar-refractivity contribution in [3.63, 3.8) is 0 Å². The molecule has 0 spiro atoms. The molecule has 0 radical (unpaired) electrons. The molecule has 1 heterocycles. The molecule has 3 nitrogen and oxygen atoms in total. The summed E-state index contributed by atoms with van der Waals surface area (Å²) in [5.74, 6) is -0.119. The maximum Gasteiger partial charge on any atom is 0.214 e. The Morgan fingerprint density at radius 1 is 1.38 bits per heavy atom. The predicted octanol–water partition coefficient (Wildman–Crippen LogP) is 0.246. The van der Waals surface area contributed by atoms with Crippen LogP contribution in [0.2, 0.25) is 0 Å². The molecule has 0 unspecified atom stereocenters. The molecule has 0 aromatic rings. The van der Waals surface area contributed by atoms with Crippen LogP contribution in [0.25, 0.3) is 0 Å². The highest BCUT2D eigenvalue weighted by Gasteiger charge is 1.91. The van der Waals surface area contributed by atoms with Crippen molar-refractivity contribution < 1.29 is 4.79 Å². The zero-order valence-corrected chi connectivity index (χ0v) is 5.79. The lowest BCUT2D eigenvalue weighted by atomic mass is 10.4. The summed E-state index contributed by atoms with van der Waals surface area (Å²) in [6, 6.07) is 0. The standard InChI is InChI=1S/C4H4N2O.BrH/c7-4-1-5-3-6-2-4;/h1-2H,3H2;1H. The van der Waals surface area contributed by atoms with Gasteiger partial charge in [-0.15, -0.1) is 17.0 Å². The average Bonchev–Trinajstić information content (AvgIpc) is 1.69. The van der Waals surface area contributed by atoms with Crippen molar-refractivity contribution in [2.75, 3.05) is 6.67 Å². The van der Waals surface area contributed by atoms with Crippen LogP contribution in [0.4, 0.5) is 0 Å². The maximum absolute atomic E-state index is 10.2. The van der Waals surface area contributed by atoms with E-state index in [1.54, 1.807) is 0 Å². The largest absolute Gasteiger partial charge is 0.287 e.